The second kappa shape index (κ2) is 6.87. The summed E-state index contributed by atoms with van der Waals surface area (Å²) in [5.41, 5.74) is -0.891. The SMILES string of the molecule is CCCCNC(=O)c1ccc2c(c1[N+](=O)[O-])C(=O)c1ccccc1C2=O. The maximum absolute atomic E-state index is 12.8. The molecule has 132 valence electrons. The zero-order chi connectivity index (χ0) is 18.8. The number of nitro benzene ring substituents is 1. The number of unbranched alkanes of at least 4 members (excludes halogenated alkanes) is 1. The Hall–Kier alpha value is -3.35. The van der Waals surface area contributed by atoms with Crippen LogP contribution in [0.25, 0.3) is 0 Å². The molecule has 0 radical (unpaired) electrons. The Kier molecular flexibility index (Phi) is 4.62. The van der Waals surface area contributed by atoms with Gasteiger partial charge in [0, 0.05) is 23.2 Å². The van der Waals surface area contributed by atoms with Crippen LogP contribution in [0.1, 0.15) is 62.0 Å². The Balaban J connectivity index is 2.16. The van der Waals surface area contributed by atoms with Crippen LogP contribution in [0.4, 0.5) is 5.69 Å². The van der Waals surface area contributed by atoms with Crippen LogP contribution >= 0.6 is 0 Å². The number of amides is 1. The summed E-state index contributed by atoms with van der Waals surface area (Å²) < 4.78 is 0. The summed E-state index contributed by atoms with van der Waals surface area (Å²) in [4.78, 5) is 48.7. The number of nitrogens with zero attached hydrogens (tertiary/aromatic N) is 1. The Morgan fingerprint density at radius 1 is 1.04 bits per heavy atom. The first-order chi connectivity index (χ1) is 12.5. The quantitative estimate of drug-likeness (QED) is 0.432. The number of benzene rings is 2. The van der Waals surface area contributed by atoms with Crippen LogP contribution in [-0.2, 0) is 0 Å². The molecule has 7 heteroatoms. The van der Waals surface area contributed by atoms with Gasteiger partial charge in [0.2, 0.25) is 5.78 Å². The third-order valence-electron chi connectivity index (χ3n) is 4.31. The fourth-order valence-electron chi connectivity index (χ4n) is 3.02. The molecule has 0 unspecified atom stereocenters. The molecule has 1 amide bonds. The summed E-state index contributed by atoms with van der Waals surface area (Å²) in [5, 5.41) is 14.3. The summed E-state index contributed by atoms with van der Waals surface area (Å²) >= 11 is 0. The summed E-state index contributed by atoms with van der Waals surface area (Å²) in [7, 11) is 0. The van der Waals surface area contributed by atoms with Crippen molar-refractivity contribution in [1.29, 1.82) is 0 Å². The average Bonchev–Trinajstić information content (AvgIpc) is 2.65. The van der Waals surface area contributed by atoms with E-state index < -0.39 is 28.1 Å². The van der Waals surface area contributed by atoms with Gasteiger partial charge < -0.3 is 5.32 Å². The smallest absolute Gasteiger partial charge is 0.294 e. The van der Waals surface area contributed by atoms with Gasteiger partial charge in [-0.25, -0.2) is 0 Å². The first-order valence-corrected chi connectivity index (χ1v) is 8.25. The van der Waals surface area contributed by atoms with Gasteiger partial charge in [0.05, 0.1) is 4.92 Å². The number of rotatable bonds is 5. The molecule has 1 aliphatic carbocycles. The fourth-order valence-corrected chi connectivity index (χ4v) is 3.02. The summed E-state index contributed by atoms with van der Waals surface area (Å²) in [6.45, 7) is 2.33. The highest BCUT2D eigenvalue weighted by molar-refractivity contribution is 6.30. The van der Waals surface area contributed by atoms with Gasteiger partial charge in [-0.3, -0.25) is 24.5 Å². The van der Waals surface area contributed by atoms with E-state index in [0.29, 0.717) is 6.54 Å². The van der Waals surface area contributed by atoms with Crippen molar-refractivity contribution in [3.05, 3.63) is 74.3 Å². The second-order valence-electron chi connectivity index (χ2n) is 5.95. The van der Waals surface area contributed by atoms with Crippen LogP contribution in [0, 0.1) is 10.1 Å². The largest absolute Gasteiger partial charge is 0.352 e. The van der Waals surface area contributed by atoms with E-state index in [0.717, 1.165) is 12.8 Å². The third kappa shape index (κ3) is 2.77. The highest BCUT2D eigenvalue weighted by Crippen LogP contribution is 2.35. The highest BCUT2D eigenvalue weighted by atomic mass is 16.6. The zero-order valence-electron chi connectivity index (χ0n) is 14.1. The molecule has 1 N–H and O–H groups in total. The molecule has 0 heterocycles. The van der Waals surface area contributed by atoms with Gasteiger partial charge in [0.25, 0.3) is 11.6 Å². The van der Waals surface area contributed by atoms with Crippen molar-refractivity contribution < 1.29 is 19.3 Å². The van der Waals surface area contributed by atoms with Crippen molar-refractivity contribution in [3.8, 4) is 0 Å². The number of carbonyl (C=O) groups excluding carboxylic acids is 3. The molecular weight excluding hydrogens is 336 g/mol. The van der Waals surface area contributed by atoms with Crippen molar-refractivity contribution in [2.45, 2.75) is 19.8 Å². The van der Waals surface area contributed by atoms with Crippen molar-refractivity contribution in [2.75, 3.05) is 6.54 Å². The van der Waals surface area contributed by atoms with Crippen molar-refractivity contribution >= 4 is 23.2 Å². The van der Waals surface area contributed by atoms with E-state index in [1.165, 1.54) is 24.3 Å². The predicted octanol–water partition coefficient (Wildman–Crippen LogP) is 2.90. The predicted molar refractivity (Wildman–Crippen MR) is 93.6 cm³/mol. The molecule has 1 aliphatic rings. The topological polar surface area (TPSA) is 106 Å². The lowest BCUT2D eigenvalue weighted by Crippen LogP contribution is -2.28. The number of fused-ring (bicyclic) bond motifs is 2. The Morgan fingerprint density at radius 3 is 2.31 bits per heavy atom. The van der Waals surface area contributed by atoms with E-state index in [4.69, 9.17) is 0 Å². The Morgan fingerprint density at radius 2 is 1.69 bits per heavy atom. The molecule has 0 aliphatic heterocycles. The summed E-state index contributed by atoms with van der Waals surface area (Å²) in [6.07, 6.45) is 1.59. The first kappa shape index (κ1) is 17.5. The molecule has 3 rings (SSSR count). The zero-order valence-corrected chi connectivity index (χ0v) is 14.1. The van der Waals surface area contributed by atoms with Gasteiger partial charge in [0.1, 0.15) is 11.1 Å². The highest BCUT2D eigenvalue weighted by Gasteiger charge is 2.38. The lowest BCUT2D eigenvalue weighted by atomic mass is 9.82. The lowest BCUT2D eigenvalue weighted by molar-refractivity contribution is -0.385. The Bertz CT molecular complexity index is 949. The van der Waals surface area contributed by atoms with Crippen molar-refractivity contribution in [2.24, 2.45) is 0 Å². The van der Waals surface area contributed by atoms with E-state index >= 15 is 0 Å². The number of hydrogen-bond donors (Lipinski definition) is 1. The Labute approximate surface area is 149 Å². The van der Waals surface area contributed by atoms with E-state index in [1.54, 1.807) is 12.1 Å². The van der Waals surface area contributed by atoms with Gasteiger partial charge in [-0.1, -0.05) is 37.6 Å². The molecule has 0 aromatic heterocycles. The molecule has 0 bridgehead atoms. The number of carbonyl (C=O) groups is 3. The molecule has 0 saturated carbocycles. The monoisotopic (exact) mass is 352 g/mol. The van der Waals surface area contributed by atoms with E-state index in [2.05, 4.69) is 5.32 Å². The normalized spacial score (nSPS) is 12.3. The van der Waals surface area contributed by atoms with E-state index in [-0.39, 0.29) is 27.8 Å². The first-order valence-electron chi connectivity index (χ1n) is 8.25. The maximum atomic E-state index is 12.8. The van der Waals surface area contributed by atoms with Crippen molar-refractivity contribution in [3.63, 3.8) is 0 Å². The van der Waals surface area contributed by atoms with Gasteiger partial charge in [-0.15, -0.1) is 0 Å². The molecular formula is C19H16N2O5. The summed E-state index contributed by atoms with van der Waals surface area (Å²) in [5.74, 6) is -1.71. The molecule has 2 aromatic rings. The van der Waals surface area contributed by atoms with Gasteiger partial charge in [0.15, 0.2) is 5.78 Å². The van der Waals surface area contributed by atoms with E-state index in [9.17, 15) is 24.5 Å². The minimum absolute atomic E-state index is 0.0505. The van der Waals surface area contributed by atoms with Crippen LogP contribution in [0.2, 0.25) is 0 Å². The second-order valence-corrected chi connectivity index (χ2v) is 5.95. The minimum Gasteiger partial charge on any atom is -0.352 e. The minimum atomic E-state index is -0.771. The maximum Gasteiger partial charge on any atom is 0.294 e. The van der Waals surface area contributed by atoms with Crippen LogP contribution in [-0.4, -0.2) is 28.9 Å². The van der Waals surface area contributed by atoms with Gasteiger partial charge in [-0.2, -0.15) is 0 Å². The van der Waals surface area contributed by atoms with Gasteiger partial charge >= 0.3 is 0 Å². The molecule has 26 heavy (non-hydrogen) atoms. The third-order valence-corrected chi connectivity index (χ3v) is 4.31. The molecule has 0 fully saturated rings. The number of ketones is 2. The number of nitro groups is 1. The standard InChI is InChI=1S/C19H16N2O5/c1-2-3-10-20-19(24)14-9-8-13-15(16(14)21(25)26)18(23)12-7-5-4-6-11(12)17(13)22/h4-9H,2-3,10H2,1H3,(H,20,24). The number of hydrogen-bond acceptors (Lipinski definition) is 5. The van der Waals surface area contributed by atoms with Crippen LogP contribution in [0.5, 0.6) is 0 Å². The lowest BCUT2D eigenvalue weighted by Gasteiger charge is -2.18. The van der Waals surface area contributed by atoms with Crippen LogP contribution in [0.3, 0.4) is 0 Å². The molecule has 0 saturated heterocycles. The average molecular weight is 352 g/mol. The number of nitrogens with one attached hydrogen (secondary N) is 1. The van der Waals surface area contributed by atoms with Crippen LogP contribution in [0.15, 0.2) is 36.4 Å². The molecule has 0 spiro atoms. The fraction of sp³-hybridized carbons (Fsp3) is 0.211. The molecule has 2 aromatic carbocycles. The molecule has 0 atom stereocenters. The van der Waals surface area contributed by atoms with Crippen LogP contribution < -0.4 is 5.32 Å². The molecule has 7 nitrogen and oxygen atoms in total. The van der Waals surface area contributed by atoms with Crippen molar-refractivity contribution in [1.82, 2.24) is 5.32 Å². The van der Waals surface area contributed by atoms with E-state index in [1.807, 2.05) is 6.92 Å². The summed E-state index contributed by atoms with van der Waals surface area (Å²) in [6, 6.07) is 8.72. The van der Waals surface area contributed by atoms with Gasteiger partial charge in [-0.05, 0) is 18.6 Å².